The summed E-state index contributed by atoms with van der Waals surface area (Å²) in [4.78, 5) is 29.6. The van der Waals surface area contributed by atoms with Crippen molar-refractivity contribution in [3.63, 3.8) is 0 Å². The van der Waals surface area contributed by atoms with Crippen LogP contribution in [0, 0.1) is 11.8 Å². The number of ether oxygens (including phenoxy) is 3. The Morgan fingerprint density at radius 1 is 1.08 bits per heavy atom. The van der Waals surface area contributed by atoms with Crippen molar-refractivity contribution in [1.82, 2.24) is 9.80 Å². The van der Waals surface area contributed by atoms with Gasteiger partial charge in [0.25, 0.3) is 0 Å². The first-order chi connectivity index (χ1) is 17.4. The molecule has 0 aliphatic carbocycles. The number of rotatable bonds is 10. The van der Waals surface area contributed by atoms with Crippen LogP contribution < -0.4 is 14.2 Å². The van der Waals surface area contributed by atoms with Crippen LogP contribution in [0.1, 0.15) is 49.8 Å². The van der Waals surface area contributed by atoms with Crippen LogP contribution in [0.2, 0.25) is 0 Å². The molecule has 0 radical (unpaired) electrons. The van der Waals surface area contributed by atoms with Gasteiger partial charge in [0.2, 0.25) is 12.7 Å². The Labute approximate surface area is 212 Å². The summed E-state index contributed by atoms with van der Waals surface area (Å²) in [5, 5.41) is 10.4. The number of fused-ring (bicyclic) bond motifs is 1. The van der Waals surface area contributed by atoms with Crippen LogP contribution in [0.25, 0.3) is 0 Å². The number of benzene rings is 2. The summed E-state index contributed by atoms with van der Waals surface area (Å²) < 4.78 is 16.3. The van der Waals surface area contributed by atoms with Crippen molar-refractivity contribution in [2.75, 3.05) is 40.6 Å². The number of hydrogen-bond donors (Lipinski definition) is 1. The highest BCUT2D eigenvalue weighted by atomic mass is 16.7. The van der Waals surface area contributed by atoms with Crippen molar-refractivity contribution in [3.8, 4) is 17.2 Å². The lowest BCUT2D eigenvalue weighted by atomic mass is 9.82. The molecule has 1 unspecified atom stereocenters. The fourth-order valence-corrected chi connectivity index (χ4v) is 5.48. The molecule has 0 saturated carbocycles. The fraction of sp³-hybridized carbons (Fsp3) is 0.500. The van der Waals surface area contributed by atoms with E-state index >= 15 is 0 Å². The minimum atomic E-state index is -0.845. The van der Waals surface area contributed by atoms with Crippen LogP contribution in [0.15, 0.2) is 42.5 Å². The van der Waals surface area contributed by atoms with Crippen LogP contribution >= 0.6 is 0 Å². The highest BCUT2D eigenvalue weighted by Crippen LogP contribution is 2.47. The second kappa shape index (κ2) is 11.2. The molecule has 3 atom stereocenters. The number of amides is 1. The third-order valence-electron chi connectivity index (χ3n) is 7.60. The van der Waals surface area contributed by atoms with E-state index in [1.165, 1.54) is 0 Å². The van der Waals surface area contributed by atoms with Gasteiger partial charge in [0, 0.05) is 44.6 Å². The second-order valence-electron chi connectivity index (χ2n) is 9.57. The van der Waals surface area contributed by atoms with E-state index in [9.17, 15) is 14.7 Å². The maximum atomic E-state index is 12.9. The highest BCUT2D eigenvalue weighted by molar-refractivity contribution is 5.78. The largest absolute Gasteiger partial charge is 0.497 e. The number of aliphatic carboxylic acids is 1. The molecule has 2 aliphatic heterocycles. The van der Waals surface area contributed by atoms with E-state index in [-0.39, 0.29) is 30.6 Å². The Balaban J connectivity index is 1.64. The molecule has 1 N–H and O–H groups in total. The van der Waals surface area contributed by atoms with E-state index in [0.29, 0.717) is 31.1 Å². The Morgan fingerprint density at radius 3 is 2.39 bits per heavy atom. The van der Waals surface area contributed by atoms with Gasteiger partial charge in [-0.05, 0) is 48.2 Å². The van der Waals surface area contributed by atoms with E-state index < -0.39 is 11.9 Å². The zero-order valence-corrected chi connectivity index (χ0v) is 21.5. The number of carboxylic acids is 1. The minimum Gasteiger partial charge on any atom is -0.497 e. The summed E-state index contributed by atoms with van der Waals surface area (Å²) in [7, 11) is 3.45. The third-order valence-corrected chi connectivity index (χ3v) is 7.60. The second-order valence-corrected chi connectivity index (χ2v) is 9.57. The lowest BCUT2D eigenvalue weighted by Crippen LogP contribution is -2.39. The SMILES string of the molecule is CCC(CC)C(=O)N(C)CCN1CC(c2ccc3c(c2)OCO3)[C@H](C(=O)O)[C@H]1c1ccc(OC)cc1. The minimum absolute atomic E-state index is 0.0131. The van der Waals surface area contributed by atoms with Crippen molar-refractivity contribution >= 4 is 11.9 Å². The number of likely N-dealkylation sites (N-methyl/N-ethyl adjacent to an activating group) is 1. The predicted molar refractivity (Wildman–Crippen MR) is 135 cm³/mol. The van der Waals surface area contributed by atoms with E-state index in [4.69, 9.17) is 14.2 Å². The summed E-state index contributed by atoms with van der Waals surface area (Å²) in [5.74, 6) is 0.435. The standard InChI is InChI=1S/C28H36N2O6/c1-5-18(6-2)27(31)29(3)13-14-30-16-22(20-9-12-23-24(15-20)36-17-35-23)25(28(32)33)26(30)19-7-10-21(34-4)11-8-19/h7-12,15,18,22,25-26H,5-6,13-14,16-17H2,1-4H3,(H,32,33)/t22?,25-,26+/m0/s1. The molecule has 2 heterocycles. The quantitative estimate of drug-likeness (QED) is 0.528. The molecule has 1 saturated heterocycles. The first-order valence-corrected chi connectivity index (χ1v) is 12.6. The predicted octanol–water partition coefficient (Wildman–Crippen LogP) is 4.16. The van der Waals surface area contributed by atoms with Crippen LogP contribution in [0.4, 0.5) is 0 Å². The van der Waals surface area contributed by atoms with Crippen LogP contribution in [0.3, 0.4) is 0 Å². The van der Waals surface area contributed by atoms with Gasteiger partial charge < -0.3 is 24.2 Å². The summed E-state index contributed by atoms with van der Waals surface area (Å²) in [5.41, 5.74) is 1.83. The normalized spacial score (nSPS) is 21.1. The monoisotopic (exact) mass is 496 g/mol. The lowest BCUT2D eigenvalue weighted by molar-refractivity contribution is -0.143. The number of hydrogen-bond acceptors (Lipinski definition) is 6. The number of carbonyl (C=O) groups excluding carboxylic acids is 1. The fourth-order valence-electron chi connectivity index (χ4n) is 5.48. The first-order valence-electron chi connectivity index (χ1n) is 12.6. The van der Waals surface area contributed by atoms with Crippen LogP contribution in [0.5, 0.6) is 17.2 Å². The molecular weight excluding hydrogens is 460 g/mol. The number of carbonyl (C=O) groups is 2. The van der Waals surface area contributed by atoms with Gasteiger partial charge in [-0.25, -0.2) is 0 Å². The zero-order valence-electron chi connectivity index (χ0n) is 21.5. The van der Waals surface area contributed by atoms with E-state index in [2.05, 4.69) is 4.90 Å². The van der Waals surface area contributed by atoms with E-state index in [0.717, 1.165) is 29.7 Å². The molecule has 1 fully saturated rings. The van der Waals surface area contributed by atoms with Gasteiger partial charge in [0.1, 0.15) is 5.75 Å². The molecule has 36 heavy (non-hydrogen) atoms. The Bertz CT molecular complexity index is 1070. The number of likely N-dealkylation sites (tertiary alicyclic amines) is 1. The molecule has 2 aliphatic rings. The highest BCUT2D eigenvalue weighted by Gasteiger charge is 2.47. The van der Waals surface area contributed by atoms with Crippen molar-refractivity contribution in [1.29, 1.82) is 0 Å². The van der Waals surface area contributed by atoms with Gasteiger partial charge >= 0.3 is 5.97 Å². The smallest absolute Gasteiger partial charge is 0.309 e. The first kappa shape index (κ1) is 25.8. The maximum Gasteiger partial charge on any atom is 0.309 e. The number of methoxy groups -OCH3 is 1. The Kier molecular flexibility index (Phi) is 8.04. The summed E-state index contributed by atoms with van der Waals surface area (Å²) in [6.45, 7) is 5.90. The van der Waals surface area contributed by atoms with Gasteiger partial charge in [-0.1, -0.05) is 32.0 Å². The summed E-state index contributed by atoms with van der Waals surface area (Å²) in [6, 6.07) is 12.9. The van der Waals surface area contributed by atoms with Crippen molar-refractivity contribution in [2.24, 2.45) is 11.8 Å². The topological polar surface area (TPSA) is 88.5 Å². The molecule has 8 nitrogen and oxygen atoms in total. The molecule has 8 heteroatoms. The molecule has 194 valence electrons. The third kappa shape index (κ3) is 5.14. The molecule has 0 spiro atoms. The van der Waals surface area contributed by atoms with Gasteiger partial charge in [-0.15, -0.1) is 0 Å². The van der Waals surface area contributed by atoms with Gasteiger partial charge in [0.15, 0.2) is 11.5 Å². The molecule has 1 amide bonds. The average Bonchev–Trinajstić information content (AvgIpc) is 3.52. The van der Waals surface area contributed by atoms with E-state index in [1.807, 2.05) is 63.4 Å². The van der Waals surface area contributed by atoms with Gasteiger partial charge in [0.05, 0.1) is 13.0 Å². The Hall–Kier alpha value is -3.26. The number of carboxylic acid groups (broad SMARTS) is 1. The van der Waals surface area contributed by atoms with Crippen LogP contribution in [-0.2, 0) is 9.59 Å². The van der Waals surface area contributed by atoms with Gasteiger partial charge in [-0.2, -0.15) is 0 Å². The average molecular weight is 497 g/mol. The Morgan fingerprint density at radius 2 is 1.75 bits per heavy atom. The van der Waals surface area contributed by atoms with Crippen molar-refractivity contribution in [2.45, 2.75) is 38.6 Å². The molecule has 4 rings (SSSR count). The molecular formula is C28H36N2O6. The van der Waals surface area contributed by atoms with E-state index in [1.54, 1.807) is 12.0 Å². The van der Waals surface area contributed by atoms with Crippen molar-refractivity contribution in [3.05, 3.63) is 53.6 Å². The van der Waals surface area contributed by atoms with Crippen molar-refractivity contribution < 1.29 is 28.9 Å². The zero-order chi connectivity index (χ0) is 25.8. The molecule has 0 aromatic heterocycles. The molecule has 0 bridgehead atoms. The molecule has 2 aromatic carbocycles. The lowest BCUT2D eigenvalue weighted by Gasteiger charge is -2.30. The van der Waals surface area contributed by atoms with Crippen LogP contribution in [-0.4, -0.2) is 67.4 Å². The maximum absolute atomic E-state index is 12.9. The summed E-state index contributed by atoms with van der Waals surface area (Å²) >= 11 is 0. The van der Waals surface area contributed by atoms with Gasteiger partial charge in [-0.3, -0.25) is 14.5 Å². The number of nitrogens with zero attached hydrogens (tertiary/aromatic N) is 2. The molecule has 2 aromatic rings. The summed E-state index contributed by atoms with van der Waals surface area (Å²) in [6.07, 6.45) is 1.62.